The van der Waals surface area contributed by atoms with E-state index in [9.17, 15) is 0 Å². The summed E-state index contributed by atoms with van der Waals surface area (Å²) in [4.78, 5) is 2.42. The van der Waals surface area contributed by atoms with Crippen molar-refractivity contribution in [2.75, 3.05) is 13.6 Å². The molecule has 1 aromatic heterocycles. The Balaban J connectivity index is 2.22. The van der Waals surface area contributed by atoms with Gasteiger partial charge in [-0.15, -0.1) is 0 Å². The summed E-state index contributed by atoms with van der Waals surface area (Å²) in [5, 5.41) is 7.84. The molecule has 0 aliphatic rings. The van der Waals surface area contributed by atoms with Crippen LogP contribution in [0.1, 0.15) is 32.8 Å². The summed E-state index contributed by atoms with van der Waals surface area (Å²) in [5.41, 5.74) is 1.43. The van der Waals surface area contributed by atoms with Gasteiger partial charge in [0.05, 0.1) is 0 Å². The fraction of sp³-hybridized carbons (Fsp3) is 0.692. The molecule has 1 rings (SSSR count). The van der Waals surface area contributed by atoms with E-state index in [4.69, 9.17) is 0 Å². The molecule has 0 aliphatic carbocycles. The molecule has 0 radical (unpaired) electrons. The standard InChI is InChI=1S/C13H24N2S/c1-11(2)14-7-5-12(3)15(4)9-13-6-8-16-10-13/h6,8,10-12,14H,5,7,9H2,1-4H3. The minimum atomic E-state index is 0.592. The minimum absolute atomic E-state index is 0.592. The molecule has 1 heterocycles. The van der Waals surface area contributed by atoms with Gasteiger partial charge in [0.25, 0.3) is 0 Å². The molecule has 1 N–H and O–H groups in total. The molecule has 2 nitrogen and oxygen atoms in total. The minimum Gasteiger partial charge on any atom is -0.314 e. The molecule has 0 saturated heterocycles. The molecule has 0 spiro atoms. The lowest BCUT2D eigenvalue weighted by molar-refractivity contribution is 0.235. The first-order valence-electron chi connectivity index (χ1n) is 6.04. The summed E-state index contributed by atoms with van der Waals surface area (Å²) in [5.74, 6) is 0. The van der Waals surface area contributed by atoms with Gasteiger partial charge in [-0.3, -0.25) is 4.90 Å². The van der Waals surface area contributed by atoms with E-state index in [2.05, 4.69) is 54.9 Å². The highest BCUT2D eigenvalue weighted by Gasteiger charge is 2.09. The number of hydrogen-bond acceptors (Lipinski definition) is 3. The van der Waals surface area contributed by atoms with Crippen molar-refractivity contribution in [3.8, 4) is 0 Å². The van der Waals surface area contributed by atoms with Crippen LogP contribution in [0, 0.1) is 0 Å². The SMILES string of the molecule is CC(C)NCCC(C)N(C)Cc1ccsc1. The number of nitrogens with zero attached hydrogens (tertiary/aromatic N) is 1. The van der Waals surface area contributed by atoms with Crippen LogP contribution in [-0.4, -0.2) is 30.6 Å². The Morgan fingerprint density at radius 2 is 2.12 bits per heavy atom. The second-order valence-electron chi connectivity index (χ2n) is 4.79. The van der Waals surface area contributed by atoms with Crippen molar-refractivity contribution in [3.05, 3.63) is 22.4 Å². The second-order valence-corrected chi connectivity index (χ2v) is 5.57. The van der Waals surface area contributed by atoms with E-state index >= 15 is 0 Å². The van der Waals surface area contributed by atoms with Gasteiger partial charge >= 0.3 is 0 Å². The van der Waals surface area contributed by atoms with E-state index in [-0.39, 0.29) is 0 Å². The van der Waals surface area contributed by atoms with Crippen LogP contribution in [0.5, 0.6) is 0 Å². The van der Waals surface area contributed by atoms with Gasteiger partial charge in [-0.05, 0) is 49.3 Å². The molecule has 1 unspecified atom stereocenters. The van der Waals surface area contributed by atoms with Crippen LogP contribution in [0.3, 0.4) is 0 Å². The lowest BCUT2D eigenvalue weighted by atomic mass is 10.2. The number of nitrogens with one attached hydrogen (secondary N) is 1. The third-order valence-corrected chi connectivity index (χ3v) is 3.61. The maximum absolute atomic E-state index is 3.47. The van der Waals surface area contributed by atoms with Crippen molar-refractivity contribution in [2.45, 2.75) is 45.8 Å². The summed E-state index contributed by atoms with van der Waals surface area (Å²) in [7, 11) is 2.21. The van der Waals surface area contributed by atoms with Crippen molar-refractivity contribution < 1.29 is 0 Å². The highest BCUT2D eigenvalue weighted by Crippen LogP contribution is 2.11. The Hall–Kier alpha value is -0.380. The Kier molecular flexibility index (Phi) is 6.03. The maximum atomic E-state index is 3.47. The van der Waals surface area contributed by atoms with Crippen LogP contribution in [0.25, 0.3) is 0 Å². The van der Waals surface area contributed by atoms with Crippen molar-refractivity contribution in [2.24, 2.45) is 0 Å². The smallest absolute Gasteiger partial charge is 0.0241 e. The summed E-state index contributed by atoms with van der Waals surface area (Å²) < 4.78 is 0. The highest BCUT2D eigenvalue weighted by molar-refractivity contribution is 7.07. The lowest BCUT2D eigenvalue weighted by Gasteiger charge is -2.24. The van der Waals surface area contributed by atoms with Gasteiger partial charge in [0, 0.05) is 18.6 Å². The molecular formula is C13H24N2S. The van der Waals surface area contributed by atoms with Crippen molar-refractivity contribution in [3.63, 3.8) is 0 Å². The molecule has 1 atom stereocenters. The number of hydrogen-bond donors (Lipinski definition) is 1. The second kappa shape index (κ2) is 7.05. The first-order valence-corrected chi connectivity index (χ1v) is 6.98. The van der Waals surface area contributed by atoms with Gasteiger partial charge in [0.1, 0.15) is 0 Å². The molecule has 0 aliphatic heterocycles. The van der Waals surface area contributed by atoms with Crippen LogP contribution in [0.4, 0.5) is 0 Å². The molecule has 92 valence electrons. The summed E-state index contributed by atoms with van der Waals surface area (Å²) in [6, 6.07) is 3.43. The molecule has 1 aromatic rings. The molecular weight excluding hydrogens is 216 g/mol. The third-order valence-electron chi connectivity index (χ3n) is 2.88. The summed E-state index contributed by atoms with van der Waals surface area (Å²) in [6.07, 6.45) is 1.21. The zero-order valence-electron chi connectivity index (χ0n) is 10.9. The van der Waals surface area contributed by atoms with Crippen LogP contribution in [0.2, 0.25) is 0 Å². The Morgan fingerprint density at radius 3 is 2.69 bits per heavy atom. The fourth-order valence-electron chi connectivity index (χ4n) is 1.63. The maximum Gasteiger partial charge on any atom is 0.0241 e. The normalized spacial score (nSPS) is 13.6. The van der Waals surface area contributed by atoms with Gasteiger partial charge < -0.3 is 5.32 Å². The molecule has 0 saturated carbocycles. The van der Waals surface area contributed by atoms with E-state index in [1.54, 1.807) is 11.3 Å². The Bertz CT molecular complexity index is 269. The van der Waals surface area contributed by atoms with Crippen LogP contribution >= 0.6 is 11.3 Å². The van der Waals surface area contributed by atoms with Crippen LogP contribution in [0.15, 0.2) is 16.8 Å². The van der Waals surface area contributed by atoms with E-state index in [1.165, 1.54) is 12.0 Å². The van der Waals surface area contributed by atoms with E-state index in [0.717, 1.165) is 13.1 Å². The molecule has 3 heteroatoms. The van der Waals surface area contributed by atoms with Gasteiger partial charge in [0.15, 0.2) is 0 Å². The molecule has 16 heavy (non-hydrogen) atoms. The molecule has 0 aromatic carbocycles. The van der Waals surface area contributed by atoms with Gasteiger partial charge in [0.2, 0.25) is 0 Å². The van der Waals surface area contributed by atoms with E-state index in [0.29, 0.717) is 12.1 Å². The zero-order valence-corrected chi connectivity index (χ0v) is 11.7. The Labute approximate surface area is 104 Å². The number of thiophene rings is 1. The lowest BCUT2D eigenvalue weighted by Crippen LogP contribution is -2.33. The van der Waals surface area contributed by atoms with E-state index < -0.39 is 0 Å². The Morgan fingerprint density at radius 1 is 1.38 bits per heavy atom. The first kappa shape index (κ1) is 13.7. The predicted octanol–water partition coefficient (Wildman–Crippen LogP) is 2.96. The van der Waals surface area contributed by atoms with Crippen molar-refractivity contribution in [1.29, 1.82) is 0 Å². The van der Waals surface area contributed by atoms with Crippen LogP contribution in [-0.2, 0) is 6.54 Å². The van der Waals surface area contributed by atoms with Gasteiger partial charge in [-0.2, -0.15) is 11.3 Å². The average molecular weight is 240 g/mol. The zero-order chi connectivity index (χ0) is 12.0. The highest BCUT2D eigenvalue weighted by atomic mass is 32.1. The van der Waals surface area contributed by atoms with E-state index in [1.807, 2.05) is 0 Å². The topological polar surface area (TPSA) is 15.3 Å². The predicted molar refractivity (Wildman–Crippen MR) is 73.0 cm³/mol. The average Bonchev–Trinajstić information content (AvgIpc) is 2.69. The summed E-state index contributed by atoms with van der Waals surface area (Å²) in [6.45, 7) is 8.85. The van der Waals surface area contributed by atoms with Gasteiger partial charge in [-0.1, -0.05) is 13.8 Å². The molecule has 0 amide bonds. The van der Waals surface area contributed by atoms with Crippen molar-refractivity contribution >= 4 is 11.3 Å². The monoisotopic (exact) mass is 240 g/mol. The van der Waals surface area contributed by atoms with Crippen molar-refractivity contribution in [1.82, 2.24) is 10.2 Å². The fourth-order valence-corrected chi connectivity index (χ4v) is 2.29. The molecule has 0 bridgehead atoms. The largest absolute Gasteiger partial charge is 0.314 e. The first-order chi connectivity index (χ1) is 7.59. The summed E-state index contributed by atoms with van der Waals surface area (Å²) >= 11 is 1.78. The quantitative estimate of drug-likeness (QED) is 0.788. The van der Waals surface area contributed by atoms with Gasteiger partial charge in [-0.25, -0.2) is 0 Å². The van der Waals surface area contributed by atoms with Crippen LogP contribution < -0.4 is 5.32 Å². The third kappa shape index (κ3) is 5.10. The number of rotatable bonds is 7. The molecule has 0 fully saturated rings.